The molecule has 32 heavy (non-hydrogen) atoms. The van der Waals surface area contributed by atoms with Gasteiger partial charge in [-0.15, -0.1) is 35.4 Å². The summed E-state index contributed by atoms with van der Waals surface area (Å²) in [4.78, 5) is 16.9. The number of benzene rings is 2. The second kappa shape index (κ2) is 9.23. The number of carbonyl (C=O) groups is 1. The molecule has 2 aromatic carbocycles. The van der Waals surface area contributed by atoms with Gasteiger partial charge < -0.3 is 14.3 Å². The van der Waals surface area contributed by atoms with E-state index in [-0.39, 0.29) is 20.1 Å². The van der Waals surface area contributed by atoms with Crippen LogP contribution in [-0.2, 0) is 44.1 Å². The topological polar surface area (TPSA) is 43.1 Å². The molecule has 5 heteroatoms. The smallest absolute Gasteiger partial charge is 0.642 e. The number of nitrogens with zero attached hydrogens (tertiary/aromatic N) is 2. The third kappa shape index (κ3) is 3.94. The molecular formula is C27H22IrN2O2+. The van der Waals surface area contributed by atoms with E-state index in [4.69, 9.17) is 4.98 Å². The summed E-state index contributed by atoms with van der Waals surface area (Å²) in [6, 6.07) is 23.8. The summed E-state index contributed by atoms with van der Waals surface area (Å²) in [6.07, 6.45) is 3.42. The average Bonchev–Trinajstić information content (AvgIpc) is 2.80. The van der Waals surface area contributed by atoms with Gasteiger partial charge in [-0.25, -0.2) is 0 Å². The van der Waals surface area contributed by atoms with Gasteiger partial charge in [0.15, 0.2) is 5.69 Å². The maximum atomic E-state index is 11.9. The molecule has 0 spiro atoms. The van der Waals surface area contributed by atoms with E-state index in [9.17, 15) is 4.79 Å². The van der Waals surface area contributed by atoms with Crippen molar-refractivity contribution in [2.24, 2.45) is 0 Å². The summed E-state index contributed by atoms with van der Waals surface area (Å²) in [5.41, 5.74) is 7.17. The van der Waals surface area contributed by atoms with E-state index in [0.29, 0.717) is 5.69 Å². The van der Waals surface area contributed by atoms with Gasteiger partial charge >= 0.3 is 26.1 Å². The number of hydrogen-bond donors (Lipinski definition) is 0. The number of esters is 1. The Hall–Kier alpha value is -3.01. The van der Waals surface area contributed by atoms with Crippen molar-refractivity contribution in [3.8, 4) is 11.3 Å². The number of pyridine rings is 2. The van der Waals surface area contributed by atoms with Gasteiger partial charge in [0.05, 0.1) is 5.69 Å². The largest absolute Gasteiger partial charge is 3.00 e. The van der Waals surface area contributed by atoms with Crippen molar-refractivity contribution in [1.82, 2.24) is 4.98 Å². The fourth-order valence-corrected chi connectivity index (χ4v) is 4.45. The normalized spacial score (nSPS) is 11.5. The number of ether oxygens (including phenoxy) is 1. The fraction of sp³-hybridized carbons (Fsp3) is 0.148. The number of aromatic nitrogens is 2. The first-order chi connectivity index (χ1) is 15.2. The predicted molar refractivity (Wildman–Crippen MR) is 119 cm³/mol. The van der Waals surface area contributed by atoms with Crippen molar-refractivity contribution in [2.75, 3.05) is 0 Å². The van der Waals surface area contributed by atoms with Crippen molar-refractivity contribution in [3.63, 3.8) is 0 Å². The summed E-state index contributed by atoms with van der Waals surface area (Å²) in [5, 5.41) is 2.48. The van der Waals surface area contributed by atoms with Gasteiger partial charge in [0.1, 0.15) is 0 Å². The Labute approximate surface area is 201 Å². The fourth-order valence-electron chi connectivity index (χ4n) is 4.45. The number of carbonyl (C=O) groups excluding carboxylic acids is 1. The van der Waals surface area contributed by atoms with Crippen molar-refractivity contribution in [2.45, 2.75) is 25.7 Å². The molecule has 0 amide bonds. The van der Waals surface area contributed by atoms with E-state index < -0.39 is 5.97 Å². The van der Waals surface area contributed by atoms with E-state index in [1.807, 2.05) is 24.3 Å². The molecule has 4 aromatic rings. The van der Waals surface area contributed by atoms with E-state index in [1.165, 1.54) is 21.9 Å². The molecule has 0 radical (unpaired) electrons. The first-order valence-electron chi connectivity index (χ1n) is 10.4. The van der Waals surface area contributed by atoms with Crippen molar-refractivity contribution >= 4 is 16.7 Å². The summed E-state index contributed by atoms with van der Waals surface area (Å²) >= 11 is 0. The Morgan fingerprint density at radius 2 is 1.91 bits per heavy atom. The van der Waals surface area contributed by atoms with Crippen LogP contribution in [0.4, 0.5) is 0 Å². The minimum Gasteiger partial charge on any atom is -0.642 e. The quantitative estimate of drug-likeness (QED) is 0.168. The number of rotatable bonds is 5. The van der Waals surface area contributed by atoms with Gasteiger partial charge in [-0.2, -0.15) is 7.11 Å². The number of fused-ring (bicyclic) bond motifs is 2. The zero-order valence-corrected chi connectivity index (χ0v) is 20.0. The monoisotopic (exact) mass is 599 g/mol. The molecule has 0 aliphatic heterocycles. The molecule has 0 bridgehead atoms. The van der Waals surface area contributed by atoms with E-state index in [0.717, 1.165) is 48.3 Å². The van der Waals surface area contributed by atoms with Gasteiger partial charge in [-0.1, -0.05) is 35.9 Å². The van der Waals surface area contributed by atoms with Crippen molar-refractivity contribution in [1.29, 1.82) is 0 Å². The van der Waals surface area contributed by atoms with Crippen molar-refractivity contribution < 1.29 is 34.2 Å². The molecule has 0 saturated heterocycles. The first kappa shape index (κ1) is 22.2. The molecule has 5 rings (SSSR count). The van der Waals surface area contributed by atoms with Crippen LogP contribution >= 0.6 is 0 Å². The van der Waals surface area contributed by atoms with Crippen LogP contribution in [0.2, 0.25) is 0 Å². The zero-order valence-electron chi connectivity index (χ0n) is 17.6. The average molecular weight is 599 g/mol. The van der Waals surface area contributed by atoms with Gasteiger partial charge in [0, 0.05) is 12.7 Å². The minimum atomic E-state index is -0.488. The molecule has 1 aliphatic rings. The maximum Gasteiger partial charge on any atom is 3.00 e. The molecule has 160 valence electrons. The molecule has 0 saturated carbocycles. The molecular weight excluding hydrogens is 577 g/mol. The van der Waals surface area contributed by atoms with Crippen LogP contribution in [-0.4, -0.2) is 11.0 Å². The van der Waals surface area contributed by atoms with Crippen LogP contribution in [0.5, 0.6) is 0 Å². The second-order valence-electron chi connectivity index (χ2n) is 7.84. The summed E-state index contributed by atoms with van der Waals surface area (Å²) in [6.45, 7) is 0. The van der Waals surface area contributed by atoms with Crippen LogP contribution in [0, 0.1) is 20.2 Å². The van der Waals surface area contributed by atoms with Crippen LogP contribution in [0.15, 0.2) is 60.7 Å². The summed E-state index contributed by atoms with van der Waals surface area (Å²) in [5.74, 6) is -0.488. The standard InChI is InChI=1S/C27H22N2O2.Ir/c1-29-22(13-7-15-24(29)27(30)31-2)12-6-11-21-17-20-10-5-9-19-16-18-8-3-4-14-23(18)26(28-21)25(19)20;/h3-5,7-10,13,15,17H,1-2,6,11-12,16H2;/q-2;+3. The first-order valence-corrected chi connectivity index (χ1v) is 10.4. The number of hydrogen-bond acceptors (Lipinski definition) is 3. The zero-order chi connectivity index (χ0) is 21.4. The van der Waals surface area contributed by atoms with E-state index >= 15 is 0 Å². The second-order valence-corrected chi connectivity index (χ2v) is 7.84. The third-order valence-electron chi connectivity index (χ3n) is 5.94. The van der Waals surface area contributed by atoms with Gasteiger partial charge in [-0.05, 0) is 54.3 Å². The molecule has 0 atom stereocenters. The summed E-state index contributed by atoms with van der Waals surface area (Å²) < 4.78 is 6.22. The molecule has 2 heterocycles. The molecule has 2 aromatic heterocycles. The molecule has 0 fully saturated rings. The van der Waals surface area contributed by atoms with E-state index in [1.54, 1.807) is 10.6 Å². The number of aryl methyl sites for hydroxylation is 2. The molecule has 4 nitrogen and oxygen atoms in total. The van der Waals surface area contributed by atoms with Crippen LogP contribution < -0.4 is 4.57 Å². The van der Waals surface area contributed by atoms with Gasteiger partial charge in [-0.3, -0.25) is 4.79 Å². The Balaban J connectivity index is 0.00000245. The van der Waals surface area contributed by atoms with E-state index in [2.05, 4.69) is 55.3 Å². The van der Waals surface area contributed by atoms with Crippen LogP contribution in [0.1, 0.15) is 39.4 Å². The molecule has 0 N–H and O–H groups in total. The Bertz CT molecular complexity index is 1320. The Kier molecular flexibility index (Phi) is 6.40. The minimum absolute atomic E-state index is 0. The third-order valence-corrected chi connectivity index (χ3v) is 5.94. The molecule has 0 unspecified atom stereocenters. The van der Waals surface area contributed by atoms with Crippen LogP contribution in [0.3, 0.4) is 0 Å². The van der Waals surface area contributed by atoms with Gasteiger partial charge in [0.2, 0.25) is 0 Å². The Morgan fingerprint density at radius 1 is 1.09 bits per heavy atom. The van der Waals surface area contributed by atoms with Crippen molar-refractivity contribution in [3.05, 3.63) is 109 Å². The molecule has 1 aliphatic carbocycles. The maximum absolute atomic E-state index is 11.9. The summed E-state index contributed by atoms with van der Waals surface area (Å²) in [7, 11) is 7.20. The SMILES string of the molecule is [CH2-]OC(=O)c1cccc(CCCc2cc3cccc4c3c(n2)-c2[c-]cccc2C4)[n+]1[CH2-].[Ir+3]. The predicted octanol–water partition coefficient (Wildman–Crippen LogP) is 4.65. The van der Waals surface area contributed by atoms with Gasteiger partial charge in [0.25, 0.3) is 0 Å². The van der Waals surface area contributed by atoms with Crippen LogP contribution in [0.25, 0.3) is 22.0 Å². The Morgan fingerprint density at radius 3 is 2.75 bits per heavy atom.